The van der Waals surface area contributed by atoms with Crippen molar-refractivity contribution in [1.82, 2.24) is 15.1 Å². The molecule has 2 rings (SSSR count). The Balaban J connectivity index is 2.33. The topological polar surface area (TPSA) is 29.9 Å². The number of rotatable bonds is 5. The highest BCUT2D eigenvalue weighted by molar-refractivity contribution is 6.31. The summed E-state index contributed by atoms with van der Waals surface area (Å²) in [5, 5.41) is 8.44. The molecule has 0 spiro atoms. The predicted octanol–water partition coefficient (Wildman–Crippen LogP) is 3.64. The van der Waals surface area contributed by atoms with Gasteiger partial charge in [-0.1, -0.05) is 30.7 Å². The monoisotopic (exact) mass is 277 g/mol. The highest BCUT2D eigenvalue weighted by Gasteiger charge is 2.09. The average Bonchev–Trinajstić information content (AvgIpc) is 2.74. The van der Waals surface area contributed by atoms with Gasteiger partial charge in [-0.15, -0.1) is 0 Å². The van der Waals surface area contributed by atoms with Crippen LogP contribution in [0.25, 0.3) is 11.1 Å². The van der Waals surface area contributed by atoms with Crippen LogP contribution in [0.5, 0.6) is 0 Å². The first-order chi connectivity index (χ1) is 9.15. The van der Waals surface area contributed by atoms with Gasteiger partial charge in [0.05, 0.1) is 5.69 Å². The van der Waals surface area contributed by atoms with Crippen molar-refractivity contribution in [2.75, 3.05) is 7.05 Å². The zero-order chi connectivity index (χ0) is 13.8. The zero-order valence-corrected chi connectivity index (χ0v) is 12.5. The smallest absolute Gasteiger partial charge is 0.0672 e. The van der Waals surface area contributed by atoms with E-state index in [2.05, 4.69) is 35.7 Å². The number of benzene rings is 1. The summed E-state index contributed by atoms with van der Waals surface area (Å²) >= 11 is 6.31. The van der Waals surface area contributed by atoms with E-state index in [4.69, 9.17) is 11.6 Å². The van der Waals surface area contributed by atoms with Crippen LogP contribution in [0.15, 0.2) is 24.4 Å². The third-order valence-corrected chi connectivity index (χ3v) is 3.48. The molecule has 0 amide bonds. The molecule has 0 saturated heterocycles. The molecule has 0 fully saturated rings. The van der Waals surface area contributed by atoms with Gasteiger partial charge in [-0.3, -0.25) is 4.68 Å². The zero-order valence-electron chi connectivity index (χ0n) is 11.7. The summed E-state index contributed by atoms with van der Waals surface area (Å²) < 4.78 is 2.00. The molecule has 0 aliphatic carbocycles. The van der Waals surface area contributed by atoms with Gasteiger partial charge >= 0.3 is 0 Å². The maximum atomic E-state index is 6.31. The fraction of sp³-hybridized carbons (Fsp3) is 0.400. The van der Waals surface area contributed by atoms with Crippen molar-refractivity contribution in [3.63, 3.8) is 0 Å². The van der Waals surface area contributed by atoms with Crippen molar-refractivity contribution in [2.45, 2.75) is 33.4 Å². The second-order valence-corrected chi connectivity index (χ2v) is 5.13. The molecule has 0 radical (unpaired) electrons. The van der Waals surface area contributed by atoms with Gasteiger partial charge in [-0.05, 0) is 37.6 Å². The number of nitrogens with one attached hydrogen (secondary N) is 1. The number of nitrogens with zero attached hydrogens (tertiary/aromatic N) is 2. The summed E-state index contributed by atoms with van der Waals surface area (Å²) in [5.74, 6) is 0. The molecule has 0 aliphatic rings. The first kappa shape index (κ1) is 14.1. The second-order valence-electron chi connectivity index (χ2n) is 4.73. The molecule has 1 heterocycles. The van der Waals surface area contributed by atoms with Crippen molar-refractivity contribution in [3.8, 4) is 11.1 Å². The molecule has 19 heavy (non-hydrogen) atoms. The lowest BCUT2D eigenvalue weighted by molar-refractivity contribution is 0.598. The van der Waals surface area contributed by atoms with Crippen molar-refractivity contribution >= 4 is 11.6 Å². The van der Waals surface area contributed by atoms with Crippen LogP contribution < -0.4 is 5.32 Å². The lowest BCUT2D eigenvalue weighted by Crippen LogP contribution is -2.05. The van der Waals surface area contributed by atoms with E-state index < -0.39 is 0 Å². The Morgan fingerprint density at radius 3 is 2.79 bits per heavy atom. The average molecular weight is 278 g/mol. The first-order valence-corrected chi connectivity index (χ1v) is 7.01. The number of hydrogen-bond donors (Lipinski definition) is 1. The minimum absolute atomic E-state index is 0.785. The highest BCUT2D eigenvalue weighted by Crippen LogP contribution is 2.27. The van der Waals surface area contributed by atoms with E-state index in [0.29, 0.717) is 0 Å². The van der Waals surface area contributed by atoms with E-state index in [-0.39, 0.29) is 0 Å². The molecular formula is C15H20ClN3. The standard InChI is InChI=1S/C15H20ClN3/c1-4-7-19-10-14(11(2)18-19)12-5-6-13(9-17-3)15(16)8-12/h5-6,8,10,17H,4,7,9H2,1-3H3. The molecular weight excluding hydrogens is 258 g/mol. The minimum Gasteiger partial charge on any atom is -0.316 e. The second kappa shape index (κ2) is 6.22. The Bertz CT molecular complexity index is 561. The Labute approximate surface area is 119 Å². The maximum Gasteiger partial charge on any atom is 0.0672 e. The summed E-state index contributed by atoms with van der Waals surface area (Å²) in [7, 11) is 1.92. The van der Waals surface area contributed by atoms with Crippen LogP contribution in [0.4, 0.5) is 0 Å². The summed E-state index contributed by atoms with van der Waals surface area (Å²) in [5.41, 5.74) is 4.45. The van der Waals surface area contributed by atoms with Crippen LogP contribution in [0, 0.1) is 6.92 Å². The van der Waals surface area contributed by atoms with Gasteiger partial charge in [0, 0.05) is 29.9 Å². The van der Waals surface area contributed by atoms with Gasteiger partial charge in [-0.2, -0.15) is 5.10 Å². The highest BCUT2D eigenvalue weighted by atomic mass is 35.5. The molecule has 1 aromatic carbocycles. The number of aromatic nitrogens is 2. The summed E-state index contributed by atoms with van der Waals surface area (Å²) in [4.78, 5) is 0. The van der Waals surface area contributed by atoms with Crippen LogP contribution in [-0.2, 0) is 13.1 Å². The van der Waals surface area contributed by atoms with Crippen molar-refractivity contribution < 1.29 is 0 Å². The molecule has 0 unspecified atom stereocenters. The fourth-order valence-electron chi connectivity index (χ4n) is 2.19. The molecule has 0 saturated carbocycles. The molecule has 2 aromatic rings. The molecule has 1 aromatic heterocycles. The van der Waals surface area contributed by atoms with Crippen LogP contribution in [0.3, 0.4) is 0 Å². The fourth-order valence-corrected chi connectivity index (χ4v) is 2.44. The normalized spacial score (nSPS) is 10.9. The van der Waals surface area contributed by atoms with Gasteiger partial charge in [0.25, 0.3) is 0 Å². The minimum atomic E-state index is 0.785. The maximum absolute atomic E-state index is 6.31. The van der Waals surface area contributed by atoms with E-state index in [1.54, 1.807) is 0 Å². The third-order valence-electron chi connectivity index (χ3n) is 3.13. The van der Waals surface area contributed by atoms with E-state index in [1.807, 2.05) is 24.7 Å². The molecule has 3 nitrogen and oxygen atoms in total. The van der Waals surface area contributed by atoms with Gasteiger partial charge in [0.2, 0.25) is 0 Å². The number of aryl methyl sites for hydroxylation is 2. The quantitative estimate of drug-likeness (QED) is 0.904. The van der Waals surface area contributed by atoms with Gasteiger partial charge < -0.3 is 5.32 Å². The Hall–Kier alpha value is -1.32. The molecule has 1 N–H and O–H groups in total. The molecule has 0 bridgehead atoms. The third kappa shape index (κ3) is 3.17. The lowest BCUT2D eigenvalue weighted by Gasteiger charge is -2.06. The Morgan fingerprint density at radius 1 is 1.37 bits per heavy atom. The molecule has 4 heteroatoms. The van der Waals surface area contributed by atoms with Crippen LogP contribution in [0.2, 0.25) is 5.02 Å². The van der Waals surface area contributed by atoms with Crippen molar-refractivity contribution in [3.05, 3.63) is 40.7 Å². The van der Waals surface area contributed by atoms with Gasteiger partial charge in [-0.25, -0.2) is 0 Å². The first-order valence-electron chi connectivity index (χ1n) is 6.63. The summed E-state index contributed by atoms with van der Waals surface area (Å²) in [6, 6.07) is 6.21. The summed E-state index contributed by atoms with van der Waals surface area (Å²) in [6.07, 6.45) is 3.19. The number of halogens is 1. The molecule has 0 aliphatic heterocycles. The van der Waals surface area contributed by atoms with E-state index in [9.17, 15) is 0 Å². The van der Waals surface area contributed by atoms with Crippen molar-refractivity contribution in [2.24, 2.45) is 0 Å². The van der Waals surface area contributed by atoms with E-state index >= 15 is 0 Å². The lowest BCUT2D eigenvalue weighted by atomic mass is 10.0. The molecule has 0 atom stereocenters. The van der Waals surface area contributed by atoms with Gasteiger partial charge in [0.1, 0.15) is 0 Å². The molecule has 102 valence electrons. The Morgan fingerprint density at radius 2 is 2.16 bits per heavy atom. The number of hydrogen-bond acceptors (Lipinski definition) is 2. The van der Waals surface area contributed by atoms with Crippen molar-refractivity contribution in [1.29, 1.82) is 0 Å². The summed E-state index contributed by atoms with van der Waals surface area (Å²) in [6.45, 7) is 5.93. The Kier molecular flexibility index (Phi) is 4.61. The van der Waals surface area contributed by atoms with Crippen LogP contribution in [0.1, 0.15) is 24.6 Å². The SMILES string of the molecule is CCCn1cc(-c2ccc(CNC)c(Cl)c2)c(C)n1. The van der Waals surface area contributed by atoms with E-state index in [0.717, 1.165) is 46.9 Å². The van der Waals surface area contributed by atoms with Crippen LogP contribution >= 0.6 is 11.6 Å². The van der Waals surface area contributed by atoms with E-state index in [1.165, 1.54) is 0 Å². The largest absolute Gasteiger partial charge is 0.316 e. The van der Waals surface area contributed by atoms with Crippen LogP contribution in [-0.4, -0.2) is 16.8 Å². The predicted molar refractivity (Wildman–Crippen MR) is 80.5 cm³/mol. The van der Waals surface area contributed by atoms with Gasteiger partial charge in [0.15, 0.2) is 0 Å².